The van der Waals surface area contributed by atoms with Crippen LogP contribution in [0.3, 0.4) is 0 Å². The highest BCUT2D eigenvalue weighted by molar-refractivity contribution is 5.47. The van der Waals surface area contributed by atoms with Crippen molar-refractivity contribution in [1.82, 2.24) is 4.98 Å². The van der Waals surface area contributed by atoms with Gasteiger partial charge in [0.05, 0.1) is 11.4 Å². The Morgan fingerprint density at radius 2 is 2.00 bits per heavy atom. The van der Waals surface area contributed by atoms with Crippen LogP contribution < -0.4 is 5.32 Å². The van der Waals surface area contributed by atoms with Crippen LogP contribution in [0.25, 0.3) is 0 Å². The van der Waals surface area contributed by atoms with Crippen LogP contribution >= 0.6 is 0 Å². The van der Waals surface area contributed by atoms with Gasteiger partial charge in [-0.05, 0) is 31.9 Å². The van der Waals surface area contributed by atoms with Crippen LogP contribution in [-0.2, 0) is 0 Å². The molecule has 0 amide bonds. The number of nitrogens with zero attached hydrogens (tertiary/aromatic N) is 1. The van der Waals surface area contributed by atoms with Crippen molar-refractivity contribution in [1.29, 1.82) is 0 Å². The molecule has 1 atom stereocenters. The molecule has 1 heterocycles. The van der Waals surface area contributed by atoms with Gasteiger partial charge in [-0.3, -0.25) is 4.98 Å². The van der Waals surface area contributed by atoms with Gasteiger partial charge in [0.1, 0.15) is 0 Å². The van der Waals surface area contributed by atoms with Gasteiger partial charge in [0.15, 0.2) is 0 Å². The Balaban J connectivity index is 2.69. The summed E-state index contributed by atoms with van der Waals surface area (Å²) >= 11 is 0. The highest BCUT2D eigenvalue weighted by atomic mass is 14.9. The van der Waals surface area contributed by atoms with E-state index in [1.165, 1.54) is 0 Å². The predicted octanol–water partition coefficient (Wildman–Crippen LogP) is 2.85. The molecule has 1 N–H and O–H groups in total. The van der Waals surface area contributed by atoms with Gasteiger partial charge in [0.2, 0.25) is 0 Å². The number of hydrogen-bond acceptors (Lipinski definition) is 2. The zero-order chi connectivity index (χ0) is 9.84. The van der Waals surface area contributed by atoms with E-state index in [1.54, 1.807) is 0 Å². The molecule has 1 aromatic rings. The summed E-state index contributed by atoms with van der Waals surface area (Å²) in [6.07, 6.45) is 1.82. The monoisotopic (exact) mass is 178 g/mol. The SMILES string of the molecule is Cc1ncccc1NC(C)C(C)C. The molecule has 0 saturated heterocycles. The van der Waals surface area contributed by atoms with Gasteiger partial charge in [-0.15, -0.1) is 0 Å². The lowest BCUT2D eigenvalue weighted by molar-refractivity contribution is 0.559. The summed E-state index contributed by atoms with van der Waals surface area (Å²) in [4.78, 5) is 4.23. The molecular formula is C11H18N2. The Bertz CT molecular complexity index is 269. The quantitative estimate of drug-likeness (QED) is 0.769. The Morgan fingerprint density at radius 3 is 2.54 bits per heavy atom. The fourth-order valence-electron chi connectivity index (χ4n) is 1.05. The number of nitrogens with one attached hydrogen (secondary N) is 1. The first-order chi connectivity index (χ1) is 6.11. The minimum Gasteiger partial charge on any atom is -0.381 e. The zero-order valence-electron chi connectivity index (χ0n) is 8.83. The van der Waals surface area contributed by atoms with Gasteiger partial charge in [-0.25, -0.2) is 0 Å². The van der Waals surface area contributed by atoms with Crippen LogP contribution in [0.15, 0.2) is 18.3 Å². The lowest BCUT2D eigenvalue weighted by atomic mass is 10.1. The second-order valence-electron chi connectivity index (χ2n) is 3.81. The molecule has 2 heteroatoms. The number of anilines is 1. The predicted molar refractivity (Wildman–Crippen MR) is 56.9 cm³/mol. The summed E-state index contributed by atoms with van der Waals surface area (Å²) in [7, 11) is 0. The fraction of sp³-hybridized carbons (Fsp3) is 0.545. The van der Waals surface area contributed by atoms with E-state index < -0.39 is 0 Å². The summed E-state index contributed by atoms with van der Waals surface area (Å²) in [5, 5.41) is 3.45. The first-order valence-electron chi connectivity index (χ1n) is 4.79. The smallest absolute Gasteiger partial charge is 0.0603 e. The molecule has 0 aromatic carbocycles. The average Bonchev–Trinajstić information content (AvgIpc) is 2.08. The van der Waals surface area contributed by atoms with Gasteiger partial charge in [0.25, 0.3) is 0 Å². The topological polar surface area (TPSA) is 24.9 Å². The van der Waals surface area contributed by atoms with E-state index >= 15 is 0 Å². The summed E-state index contributed by atoms with van der Waals surface area (Å²) in [5.41, 5.74) is 2.21. The second kappa shape index (κ2) is 4.26. The van der Waals surface area contributed by atoms with Crippen molar-refractivity contribution in [3.8, 4) is 0 Å². The maximum atomic E-state index is 4.23. The van der Waals surface area contributed by atoms with Gasteiger partial charge < -0.3 is 5.32 Å². The van der Waals surface area contributed by atoms with Crippen molar-refractivity contribution in [2.24, 2.45) is 5.92 Å². The summed E-state index contributed by atoms with van der Waals surface area (Å²) in [5.74, 6) is 0.639. The zero-order valence-corrected chi connectivity index (χ0v) is 8.83. The van der Waals surface area contributed by atoms with Crippen LogP contribution in [0.1, 0.15) is 26.5 Å². The first kappa shape index (κ1) is 10.0. The Hall–Kier alpha value is -1.05. The Morgan fingerprint density at radius 1 is 1.31 bits per heavy atom. The van der Waals surface area contributed by atoms with Gasteiger partial charge >= 0.3 is 0 Å². The minimum absolute atomic E-state index is 0.489. The highest BCUT2D eigenvalue weighted by Gasteiger charge is 2.07. The molecule has 1 aromatic heterocycles. The summed E-state index contributed by atoms with van der Waals surface area (Å²) in [6.45, 7) is 8.64. The molecule has 0 aliphatic rings. The molecule has 0 radical (unpaired) electrons. The Labute approximate surface area is 80.4 Å². The number of hydrogen-bond donors (Lipinski definition) is 1. The van der Waals surface area contributed by atoms with Crippen LogP contribution in [0.4, 0.5) is 5.69 Å². The number of pyridine rings is 1. The average molecular weight is 178 g/mol. The first-order valence-corrected chi connectivity index (χ1v) is 4.79. The van der Waals surface area contributed by atoms with E-state index in [2.05, 4.69) is 37.1 Å². The molecule has 0 aliphatic carbocycles. The molecule has 72 valence electrons. The van der Waals surface area contributed by atoms with E-state index in [-0.39, 0.29) is 0 Å². The van der Waals surface area contributed by atoms with Crippen LogP contribution in [0.2, 0.25) is 0 Å². The van der Waals surface area contributed by atoms with Crippen molar-refractivity contribution in [3.05, 3.63) is 24.0 Å². The molecule has 0 aliphatic heterocycles. The third-order valence-corrected chi connectivity index (χ3v) is 2.39. The maximum absolute atomic E-state index is 4.23. The van der Waals surface area contributed by atoms with Crippen LogP contribution in [0.5, 0.6) is 0 Å². The van der Waals surface area contributed by atoms with E-state index in [9.17, 15) is 0 Å². The van der Waals surface area contributed by atoms with E-state index in [0.717, 1.165) is 11.4 Å². The lowest BCUT2D eigenvalue weighted by Crippen LogP contribution is -2.22. The van der Waals surface area contributed by atoms with Crippen molar-refractivity contribution < 1.29 is 0 Å². The standard InChI is InChI=1S/C11H18N2/c1-8(2)9(3)13-11-6-5-7-12-10(11)4/h5-9,13H,1-4H3. The summed E-state index contributed by atoms with van der Waals surface area (Å²) in [6, 6.07) is 4.52. The number of rotatable bonds is 3. The second-order valence-corrected chi connectivity index (χ2v) is 3.81. The van der Waals surface area contributed by atoms with Crippen molar-refractivity contribution in [2.75, 3.05) is 5.32 Å². The maximum Gasteiger partial charge on any atom is 0.0603 e. The summed E-state index contributed by atoms with van der Waals surface area (Å²) < 4.78 is 0. The molecule has 1 unspecified atom stereocenters. The lowest BCUT2D eigenvalue weighted by Gasteiger charge is -2.19. The third kappa shape index (κ3) is 2.72. The molecular weight excluding hydrogens is 160 g/mol. The molecule has 0 saturated carbocycles. The molecule has 2 nitrogen and oxygen atoms in total. The minimum atomic E-state index is 0.489. The Kier molecular flexibility index (Phi) is 3.29. The van der Waals surface area contributed by atoms with Crippen molar-refractivity contribution in [2.45, 2.75) is 33.7 Å². The van der Waals surface area contributed by atoms with E-state index in [4.69, 9.17) is 0 Å². The van der Waals surface area contributed by atoms with E-state index in [1.807, 2.05) is 19.2 Å². The van der Waals surface area contributed by atoms with E-state index in [0.29, 0.717) is 12.0 Å². The van der Waals surface area contributed by atoms with Gasteiger partial charge in [0, 0.05) is 12.2 Å². The number of aryl methyl sites for hydroxylation is 1. The third-order valence-electron chi connectivity index (χ3n) is 2.39. The highest BCUT2D eigenvalue weighted by Crippen LogP contribution is 2.14. The molecule has 0 fully saturated rings. The normalized spacial score (nSPS) is 13.0. The molecule has 1 rings (SSSR count). The number of aromatic nitrogens is 1. The molecule has 13 heavy (non-hydrogen) atoms. The van der Waals surface area contributed by atoms with Crippen LogP contribution in [-0.4, -0.2) is 11.0 Å². The molecule has 0 bridgehead atoms. The van der Waals surface area contributed by atoms with Gasteiger partial charge in [-0.1, -0.05) is 13.8 Å². The largest absolute Gasteiger partial charge is 0.381 e. The van der Waals surface area contributed by atoms with Crippen molar-refractivity contribution in [3.63, 3.8) is 0 Å². The van der Waals surface area contributed by atoms with Crippen LogP contribution in [0, 0.1) is 12.8 Å². The van der Waals surface area contributed by atoms with Crippen molar-refractivity contribution >= 4 is 5.69 Å². The molecule has 0 spiro atoms. The van der Waals surface area contributed by atoms with Gasteiger partial charge in [-0.2, -0.15) is 0 Å². The fourth-order valence-corrected chi connectivity index (χ4v) is 1.05.